The van der Waals surface area contributed by atoms with Gasteiger partial charge in [-0.05, 0) is 33.3 Å². The van der Waals surface area contributed by atoms with E-state index in [1.54, 1.807) is 15.8 Å². The summed E-state index contributed by atoms with van der Waals surface area (Å²) in [6, 6.07) is 0. The van der Waals surface area contributed by atoms with E-state index < -0.39 is 5.60 Å². The molecule has 1 aliphatic rings. The zero-order chi connectivity index (χ0) is 19.8. The molecule has 2 aromatic heterocycles. The number of hydrogen-bond acceptors (Lipinski definition) is 7. The van der Waals surface area contributed by atoms with Crippen LogP contribution in [0.1, 0.15) is 31.2 Å². The Kier molecular flexibility index (Phi) is 5.43. The molecular weight excluding hydrogens is 366 g/mol. The number of thiazole rings is 1. The predicted octanol–water partition coefficient (Wildman–Crippen LogP) is 2.40. The fourth-order valence-electron chi connectivity index (χ4n) is 3.06. The SMILES string of the molecule is Cc1cnn(C)c1-c1nc(N2CCN(C(=O)OC(C)(C)C)CC2)sc1CO. The molecule has 3 heterocycles. The van der Waals surface area contributed by atoms with E-state index in [0.29, 0.717) is 26.2 Å². The fraction of sp³-hybridized carbons (Fsp3) is 0.611. The summed E-state index contributed by atoms with van der Waals surface area (Å²) < 4.78 is 7.23. The van der Waals surface area contributed by atoms with Gasteiger partial charge in [-0.1, -0.05) is 11.3 Å². The van der Waals surface area contributed by atoms with E-state index in [1.165, 1.54) is 11.3 Å². The lowest BCUT2D eigenvalue weighted by atomic mass is 10.2. The zero-order valence-electron chi connectivity index (χ0n) is 16.5. The molecule has 1 saturated heterocycles. The van der Waals surface area contributed by atoms with Crippen LogP contribution in [0.3, 0.4) is 0 Å². The second-order valence-corrected chi connectivity index (χ2v) is 8.74. The number of nitrogens with zero attached hydrogens (tertiary/aromatic N) is 5. The summed E-state index contributed by atoms with van der Waals surface area (Å²) in [7, 11) is 1.88. The molecular formula is C18H27N5O3S. The predicted molar refractivity (Wildman–Crippen MR) is 105 cm³/mol. The van der Waals surface area contributed by atoms with Gasteiger partial charge in [0, 0.05) is 33.2 Å². The van der Waals surface area contributed by atoms with E-state index in [0.717, 1.165) is 27.0 Å². The second-order valence-electron chi connectivity index (χ2n) is 7.68. The van der Waals surface area contributed by atoms with Crippen LogP contribution in [0.25, 0.3) is 11.4 Å². The van der Waals surface area contributed by atoms with E-state index >= 15 is 0 Å². The van der Waals surface area contributed by atoms with Gasteiger partial charge in [0.05, 0.1) is 23.4 Å². The number of anilines is 1. The van der Waals surface area contributed by atoms with Crippen LogP contribution in [0.2, 0.25) is 0 Å². The summed E-state index contributed by atoms with van der Waals surface area (Å²) in [4.78, 5) is 21.7. The summed E-state index contributed by atoms with van der Waals surface area (Å²) in [6.07, 6.45) is 1.53. The minimum Gasteiger partial charge on any atom is -0.444 e. The molecule has 0 aromatic carbocycles. The normalized spacial score (nSPS) is 15.3. The molecule has 3 rings (SSSR count). The zero-order valence-corrected chi connectivity index (χ0v) is 17.3. The topological polar surface area (TPSA) is 83.7 Å². The maximum Gasteiger partial charge on any atom is 0.410 e. The van der Waals surface area contributed by atoms with Crippen molar-refractivity contribution in [3.8, 4) is 11.4 Å². The molecule has 2 aromatic rings. The van der Waals surface area contributed by atoms with Crippen molar-refractivity contribution in [3.05, 3.63) is 16.6 Å². The smallest absolute Gasteiger partial charge is 0.410 e. The highest BCUT2D eigenvalue weighted by Gasteiger charge is 2.28. The second kappa shape index (κ2) is 7.47. The van der Waals surface area contributed by atoms with E-state index in [9.17, 15) is 9.90 Å². The van der Waals surface area contributed by atoms with Gasteiger partial charge >= 0.3 is 6.09 Å². The molecule has 1 aliphatic heterocycles. The van der Waals surface area contributed by atoms with Crippen molar-refractivity contribution < 1.29 is 14.6 Å². The number of carbonyl (C=O) groups is 1. The quantitative estimate of drug-likeness (QED) is 0.862. The molecule has 0 spiro atoms. The number of aliphatic hydroxyl groups excluding tert-OH is 1. The molecule has 1 N–H and O–H groups in total. The highest BCUT2D eigenvalue weighted by atomic mass is 32.1. The third-order valence-electron chi connectivity index (χ3n) is 4.38. The minimum absolute atomic E-state index is 0.0600. The molecule has 0 aliphatic carbocycles. The molecule has 9 heteroatoms. The Morgan fingerprint density at radius 3 is 2.48 bits per heavy atom. The number of rotatable bonds is 3. The van der Waals surface area contributed by atoms with Crippen LogP contribution >= 0.6 is 11.3 Å². The van der Waals surface area contributed by atoms with Crippen molar-refractivity contribution in [1.29, 1.82) is 0 Å². The fourth-order valence-corrected chi connectivity index (χ4v) is 4.03. The first-order valence-electron chi connectivity index (χ1n) is 9.02. The number of amides is 1. The van der Waals surface area contributed by atoms with Crippen molar-refractivity contribution >= 4 is 22.6 Å². The van der Waals surface area contributed by atoms with Crippen molar-refractivity contribution in [2.24, 2.45) is 7.05 Å². The Labute approximate surface area is 163 Å². The Morgan fingerprint density at radius 2 is 1.96 bits per heavy atom. The Morgan fingerprint density at radius 1 is 1.30 bits per heavy atom. The van der Waals surface area contributed by atoms with Gasteiger partial charge in [0.15, 0.2) is 5.13 Å². The van der Waals surface area contributed by atoms with Crippen molar-refractivity contribution in [2.45, 2.75) is 39.9 Å². The van der Waals surface area contributed by atoms with Gasteiger partial charge in [-0.25, -0.2) is 9.78 Å². The maximum absolute atomic E-state index is 12.2. The van der Waals surface area contributed by atoms with E-state index in [-0.39, 0.29) is 12.7 Å². The molecule has 0 bridgehead atoms. The molecule has 148 valence electrons. The average molecular weight is 394 g/mol. The number of carbonyl (C=O) groups excluding carboxylic acids is 1. The number of aromatic nitrogens is 3. The van der Waals surface area contributed by atoms with Crippen molar-refractivity contribution in [3.63, 3.8) is 0 Å². The molecule has 0 atom stereocenters. The lowest BCUT2D eigenvalue weighted by Crippen LogP contribution is -2.50. The van der Waals surface area contributed by atoms with Crippen LogP contribution in [-0.4, -0.2) is 62.6 Å². The van der Waals surface area contributed by atoms with Crippen LogP contribution in [0.15, 0.2) is 6.20 Å². The first-order valence-corrected chi connectivity index (χ1v) is 9.83. The summed E-state index contributed by atoms with van der Waals surface area (Å²) >= 11 is 1.49. The standard InChI is InChI=1S/C18H27N5O3S/c1-12-10-19-21(5)15(12)14-13(11-24)27-16(20-14)22-6-8-23(9-7-22)17(25)26-18(2,3)4/h10,24H,6-9,11H2,1-5H3. The number of aryl methyl sites for hydroxylation is 2. The van der Waals surface area contributed by atoms with Crippen LogP contribution in [0, 0.1) is 6.92 Å². The number of ether oxygens (including phenoxy) is 1. The van der Waals surface area contributed by atoms with E-state index in [4.69, 9.17) is 9.72 Å². The molecule has 8 nitrogen and oxygen atoms in total. The number of piperazine rings is 1. The van der Waals surface area contributed by atoms with E-state index in [1.807, 2.05) is 34.7 Å². The Balaban J connectivity index is 1.73. The molecule has 0 radical (unpaired) electrons. The van der Waals surface area contributed by atoms with Crippen LogP contribution in [-0.2, 0) is 18.4 Å². The summed E-state index contributed by atoms with van der Waals surface area (Å²) in [5.74, 6) is 0. The van der Waals surface area contributed by atoms with Gasteiger partial charge in [0.25, 0.3) is 0 Å². The molecule has 1 amide bonds. The third-order valence-corrected chi connectivity index (χ3v) is 5.48. The van der Waals surface area contributed by atoms with Gasteiger partial charge in [-0.3, -0.25) is 4.68 Å². The van der Waals surface area contributed by atoms with Gasteiger partial charge in [0.1, 0.15) is 11.3 Å². The van der Waals surface area contributed by atoms with Crippen molar-refractivity contribution in [1.82, 2.24) is 19.7 Å². The first-order chi connectivity index (χ1) is 12.7. The highest BCUT2D eigenvalue weighted by molar-refractivity contribution is 7.16. The van der Waals surface area contributed by atoms with Gasteiger partial charge in [-0.2, -0.15) is 5.10 Å². The van der Waals surface area contributed by atoms with E-state index in [2.05, 4.69) is 10.00 Å². The first kappa shape index (κ1) is 19.6. The van der Waals surface area contributed by atoms with Crippen molar-refractivity contribution in [2.75, 3.05) is 31.1 Å². The summed E-state index contributed by atoms with van der Waals surface area (Å²) in [5.41, 5.74) is 2.24. The lowest BCUT2D eigenvalue weighted by Gasteiger charge is -2.35. The van der Waals surface area contributed by atoms with Gasteiger partial charge in [0.2, 0.25) is 0 Å². The van der Waals surface area contributed by atoms with Crippen LogP contribution in [0.4, 0.5) is 9.93 Å². The summed E-state index contributed by atoms with van der Waals surface area (Å²) in [5, 5.41) is 14.9. The summed E-state index contributed by atoms with van der Waals surface area (Å²) in [6.45, 7) is 10.1. The number of aliphatic hydroxyl groups is 1. The molecule has 0 unspecified atom stereocenters. The maximum atomic E-state index is 12.2. The van der Waals surface area contributed by atoms with Crippen LogP contribution < -0.4 is 4.90 Å². The minimum atomic E-state index is -0.491. The van der Waals surface area contributed by atoms with Gasteiger partial charge in [-0.15, -0.1) is 0 Å². The third kappa shape index (κ3) is 4.24. The Bertz CT molecular complexity index is 796. The lowest BCUT2D eigenvalue weighted by molar-refractivity contribution is 0.0240. The number of hydrogen-bond donors (Lipinski definition) is 1. The monoisotopic (exact) mass is 393 g/mol. The van der Waals surface area contributed by atoms with Gasteiger partial charge < -0.3 is 19.6 Å². The highest BCUT2D eigenvalue weighted by Crippen LogP contribution is 2.34. The molecule has 27 heavy (non-hydrogen) atoms. The molecule has 1 fully saturated rings. The largest absolute Gasteiger partial charge is 0.444 e. The Hall–Kier alpha value is -2.13. The average Bonchev–Trinajstić information content (AvgIpc) is 3.16. The molecule has 0 saturated carbocycles. The van der Waals surface area contributed by atoms with Crippen LogP contribution in [0.5, 0.6) is 0 Å².